The minimum absolute atomic E-state index is 0.124. The molecule has 2 aromatic heterocycles. The van der Waals surface area contributed by atoms with Crippen LogP contribution < -0.4 is 20.1 Å². The molecule has 0 aliphatic carbocycles. The maximum absolute atomic E-state index is 12.3. The van der Waals surface area contributed by atoms with Crippen molar-refractivity contribution in [2.75, 3.05) is 25.6 Å². The monoisotopic (exact) mass is 396 g/mol. The number of carbonyl (C=O) groups is 2. The molecule has 0 fully saturated rings. The van der Waals surface area contributed by atoms with Crippen LogP contribution in [-0.2, 0) is 0 Å². The Bertz CT molecular complexity index is 985. The first kappa shape index (κ1) is 19.9. The Morgan fingerprint density at radius 1 is 1.07 bits per heavy atom. The van der Waals surface area contributed by atoms with Gasteiger partial charge in [-0.3, -0.25) is 14.6 Å². The van der Waals surface area contributed by atoms with Crippen molar-refractivity contribution in [1.29, 1.82) is 0 Å². The molecular formula is C20H20N4O5. The first-order valence-corrected chi connectivity index (χ1v) is 8.81. The van der Waals surface area contributed by atoms with Gasteiger partial charge in [0.1, 0.15) is 29.6 Å². The van der Waals surface area contributed by atoms with Crippen molar-refractivity contribution in [3.63, 3.8) is 0 Å². The average molecular weight is 396 g/mol. The van der Waals surface area contributed by atoms with E-state index in [0.717, 1.165) is 5.75 Å². The number of ether oxygens (including phenoxy) is 2. The molecule has 0 aliphatic heterocycles. The molecule has 0 bridgehead atoms. The summed E-state index contributed by atoms with van der Waals surface area (Å²) in [6.45, 7) is 2.28. The fourth-order valence-electron chi connectivity index (χ4n) is 2.41. The van der Waals surface area contributed by atoms with Gasteiger partial charge in [-0.05, 0) is 43.3 Å². The topological polar surface area (TPSA) is 116 Å². The van der Waals surface area contributed by atoms with Crippen molar-refractivity contribution in [1.82, 2.24) is 15.5 Å². The number of aromatic nitrogens is 2. The van der Waals surface area contributed by atoms with Crippen LogP contribution in [0.1, 0.15) is 26.6 Å². The van der Waals surface area contributed by atoms with E-state index in [9.17, 15) is 9.59 Å². The number of hydrogen-bond donors (Lipinski definition) is 2. The molecule has 2 N–H and O–H groups in total. The minimum atomic E-state index is -0.419. The maximum Gasteiger partial charge on any atom is 0.270 e. The summed E-state index contributed by atoms with van der Waals surface area (Å²) in [5.41, 5.74) is 0.402. The van der Waals surface area contributed by atoms with E-state index >= 15 is 0 Å². The highest BCUT2D eigenvalue weighted by Crippen LogP contribution is 2.16. The Balaban J connectivity index is 1.50. The summed E-state index contributed by atoms with van der Waals surface area (Å²) >= 11 is 0. The van der Waals surface area contributed by atoms with E-state index in [-0.39, 0.29) is 24.4 Å². The molecule has 9 nitrogen and oxygen atoms in total. The predicted octanol–water partition coefficient (Wildman–Crippen LogP) is 2.45. The lowest BCUT2D eigenvalue weighted by Crippen LogP contribution is -2.29. The van der Waals surface area contributed by atoms with E-state index in [1.165, 1.54) is 18.3 Å². The van der Waals surface area contributed by atoms with E-state index in [0.29, 0.717) is 17.3 Å². The summed E-state index contributed by atoms with van der Waals surface area (Å²) in [6, 6.07) is 11.6. The Morgan fingerprint density at radius 2 is 1.83 bits per heavy atom. The van der Waals surface area contributed by atoms with Crippen LogP contribution in [0, 0.1) is 6.92 Å². The molecule has 0 saturated heterocycles. The number of amides is 2. The van der Waals surface area contributed by atoms with Gasteiger partial charge in [-0.15, -0.1) is 0 Å². The van der Waals surface area contributed by atoms with E-state index in [4.69, 9.17) is 14.0 Å². The largest absolute Gasteiger partial charge is 0.497 e. The van der Waals surface area contributed by atoms with Crippen molar-refractivity contribution >= 4 is 17.6 Å². The number of methoxy groups -OCH3 is 1. The van der Waals surface area contributed by atoms with Crippen LogP contribution in [0.2, 0.25) is 0 Å². The van der Waals surface area contributed by atoms with Gasteiger partial charge in [0.2, 0.25) is 0 Å². The van der Waals surface area contributed by atoms with Gasteiger partial charge in [0.05, 0.1) is 13.7 Å². The van der Waals surface area contributed by atoms with Crippen molar-refractivity contribution in [2.24, 2.45) is 0 Å². The number of hydrogen-bond acceptors (Lipinski definition) is 7. The number of nitrogens with zero attached hydrogens (tertiary/aromatic N) is 2. The second kappa shape index (κ2) is 9.36. The van der Waals surface area contributed by atoms with Crippen LogP contribution in [-0.4, -0.2) is 42.2 Å². The average Bonchev–Trinajstić information content (AvgIpc) is 3.16. The van der Waals surface area contributed by atoms with Gasteiger partial charge in [0.15, 0.2) is 5.82 Å². The molecule has 2 amide bonds. The number of pyridine rings is 1. The number of carbonyl (C=O) groups excluding carboxylic acids is 2. The Morgan fingerprint density at radius 3 is 2.52 bits per heavy atom. The SMILES string of the molecule is COc1ccc(OCCNC(=O)c2cc(C(=O)Nc3cc(C)on3)ccn2)cc1. The van der Waals surface area contributed by atoms with Gasteiger partial charge < -0.3 is 24.6 Å². The van der Waals surface area contributed by atoms with E-state index in [1.807, 2.05) is 0 Å². The summed E-state index contributed by atoms with van der Waals surface area (Å²) in [5.74, 6) is 1.45. The van der Waals surface area contributed by atoms with Crippen molar-refractivity contribution in [3.8, 4) is 11.5 Å². The third kappa shape index (κ3) is 5.55. The standard InChI is InChI=1S/C20H20N4O5/c1-13-11-18(24-29-13)23-19(25)14-7-8-21-17(12-14)20(26)22-9-10-28-16-5-3-15(27-2)4-6-16/h3-8,11-12H,9-10H2,1-2H3,(H,22,26)(H,23,24,25). The van der Waals surface area contributed by atoms with Gasteiger partial charge in [-0.2, -0.15) is 0 Å². The van der Waals surface area contributed by atoms with E-state index in [1.54, 1.807) is 44.4 Å². The smallest absolute Gasteiger partial charge is 0.270 e. The van der Waals surface area contributed by atoms with Crippen LogP contribution in [0.15, 0.2) is 53.2 Å². The zero-order chi connectivity index (χ0) is 20.6. The molecular weight excluding hydrogens is 376 g/mol. The lowest BCUT2D eigenvalue weighted by Gasteiger charge is -2.09. The molecule has 29 heavy (non-hydrogen) atoms. The van der Waals surface area contributed by atoms with Crippen molar-refractivity contribution in [3.05, 3.63) is 65.7 Å². The molecule has 0 saturated carbocycles. The Labute approximate surface area is 167 Å². The first-order valence-electron chi connectivity index (χ1n) is 8.81. The summed E-state index contributed by atoms with van der Waals surface area (Å²) in [7, 11) is 1.59. The van der Waals surface area contributed by atoms with Crippen LogP contribution >= 0.6 is 0 Å². The molecule has 150 valence electrons. The third-order valence-corrected chi connectivity index (χ3v) is 3.84. The molecule has 9 heteroatoms. The van der Waals surface area contributed by atoms with Gasteiger partial charge in [0.25, 0.3) is 11.8 Å². The molecule has 0 atom stereocenters. The summed E-state index contributed by atoms with van der Waals surface area (Å²) in [6.07, 6.45) is 1.39. The maximum atomic E-state index is 12.3. The van der Waals surface area contributed by atoms with Crippen molar-refractivity contribution < 1.29 is 23.6 Å². The highest BCUT2D eigenvalue weighted by molar-refractivity contribution is 6.05. The second-order valence-corrected chi connectivity index (χ2v) is 5.99. The summed E-state index contributed by atoms with van der Waals surface area (Å²) < 4.78 is 15.5. The molecule has 0 radical (unpaired) electrons. The minimum Gasteiger partial charge on any atom is -0.497 e. The zero-order valence-corrected chi connectivity index (χ0v) is 16.0. The number of nitrogens with one attached hydrogen (secondary N) is 2. The Kier molecular flexibility index (Phi) is 6.41. The lowest BCUT2D eigenvalue weighted by molar-refractivity contribution is 0.0942. The quantitative estimate of drug-likeness (QED) is 0.562. The first-order chi connectivity index (χ1) is 14.0. The van der Waals surface area contributed by atoms with Gasteiger partial charge >= 0.3 is 0 Å². The van der Waals surface area contributed by atoms with Gasteiger partial charge in [-0.1, -0.05) is 5.16 Å². The molecule has 0 unspecified atom stereocenters. The van der Waals surface area contributed by atoms with Gasteiger partial charge in [-0.25, -0.2) is 0 Å². The fourth-order valence-corrected chi connectivity index (χ4v) is 2.41. The lowest BCUT2D eigenvalue weighted by atomic mass is 10.2. The van der Waals surface area contributed by atoms with Crippen LogP contribution in [0.5, 0.6) is 11.5 Å². The van der Waals surface area contributed by atoms with Crippen LogP contribution in [0.4, 0.5) is 5.82 Å². The van der Waals surface area contributed by atoms with Crippen LogP contribution in [0.3, 0.4) is 0 Å². The fraction of sp³-hybridized carbons (Fsp3) is 0.200. The van der Waals surface area contributed by atoms with Gasteiger partial charge in [0, 0.05) is 17.8 Å². The zero-order valence-electron chi connectivity index (χ0n) is 16.0. The van der Waals surface area contributed by atoms with E-state index < -0.39 is 11.8 Å². The molecule has 1 aromatic carbocycles. The highest BCUT2D eigenvalue weighted by Gasteiger charge is 2.13. The number of rotatable bonds is 8. The summed E-state index contributed by atoms with van der Waals surface area (Å²) in [5, 5.41) is 8.99. The number of anilines is 1. The summed E-state index contributed by atoms with van der Waals surface area (Å²) in [4.78, 5) is 28.6. The normalized spacial score (nSPS) is 10.3. The van der Waals surface area contributed by atoms with Crippen molar-refractivity contribution in [2.45, 2.75) is 6.92 Å². The molecule has 0 aliphatic rings. The third-order valence-electron chi connectivity index (χ3n) is 3.84. The predicted molar refractivity (Wildman–Crippen MR) is 104 cm³/mol. The highest BCUT2D eigenvalue weighted by atomic mass is 16.5. The van der Waals surface area contributed by atoms with Crippen LogP contribution in [0.25, 0.3) is 0 Å². The molecule has 0 spiro atoms. The Hall–Kier alpha value is -3.88. The van der Waals surface area contributed by atoms with E-state index in [2.05, 4.69) is 20.8 Å². The number of aryl methyl sites for hydroxylation is 1. The number of benzene rings is 1. The molecule has 3 rings (SSSR count). The molecule has 2 heterocycles. The molecule has 3 aromatic rings. The second-order valence-electron chi connectivity index (χ2n) is 5.99.